The molecule has 0 bridgehead atoms. The summed E-state index contributed by atoms with van der Waals surface area (Å²) >= 11 is 3.34. The molecule has 0 saturated carbocycles. The van der Waals surface area contributed by atoms with Crippen LogP contribution in [-0.4, -0.2) is 11.0 Å². The van der Waals surface area contributed by atoms with Crippen LogP contribution in [0.4, 0.5) is 5.69 Å². The zero-order valence-electron chi connectivity index (χ0n) is 9.56. The molecular formula is C14H12BrNO2. The maximum Gasteiger partial charge on any atom is 0.228 e. The quantitative estimate of drug-likeness (QED) is 0.914. The van der Waals surface area contributed by atoms with Crippen LogP contribution in [0.15, 0.2) is 53.0 Å². The third kappa shape index (κ3) is 3.60. The van der Waals surface area contributed by atoms with Crippen molar-refractivity contribution >= 4 is 27.5 Å². The summed E-state index contributed by atoms with van der Waals surface area (Å²) in [7, 11) is 0. The number of hydrogen-bond acceptors (Lipinski definition) is 2. The first-order chi connectivity index (χ1) is 8.63. The van der Waals surface area contributed by atoms with E-state index < -0.39 is 0 Å². The van der Waals surface area contributed by atoms with Gasteiger partial charge in [-0.05, 0) is 35.9 Å². The second-order valence-electron chi connectivity index (χ2n) is 3.91. The molecule has 1 amide bonds. The molecule has 0 fully saturated rings. The van der Waals surface area contributed by atoms with E-state index in [2.05, 4.69) is 21.2 Å². The minimum Gasteiger partial charge on any atom is -0.508 e. The van der Waals surface area contributed by atoms with E-state index in [9.17, 15) is 9.90 Å². The lowest BCUT2D eigenvalue weighted by Crippen LogP contribution is -2.14. The Morgan fingerprint density at radius 2 is 1.94 bits per heavy atom. The molecule has 2 aromatic rings. The van der Waals surface area contributed by atoms with Crippen molar-refractivity contribution in [3.05, 3.63) is 58.6 Å². The number of phenolic OH excluding ortho intramolecular Hbond substituents is 1. The van der Waals surface area contributed by atoms with Crippen LogP contribution in [0.25, 0.3) is 0 Å². The molecule has 0 radical (unpaired) electrons. The maximum atomic E-state index is 11.8. The normalized spacial score (nSPS) is 10.1. The molecule has 2 N–H and O–H groups in total. The molecule has 0 aromatic heterocycles. The van der Waals surface area contributed by atoms with Gasteiger partial charge >= 0.3 is 0 Å². The van der Waals surface area contributed by atoms with Crippen molar-refractivity contribution in [2.45, 2.75) is 6.42 Å². The van der Waals surface area contributed by atoms with Gasteiger partial charge in [0.25, 0.3) is 0 Å². The molecule has 2 rings (SSSR count). The Morgan fingerprint density at radius 3 is 2.67 bits per heavy atom. The minimum atomic E-state index is -0.112. The Hall–Kier alpha value is -1.81. The molecule has 0 atom stereocenters. The smallest absolute Gasteiger partial charge is 0.228 e. The predicted octanol–water partition coefficient (Wildman–Crippen LogP) is 3.34. The number of halogens is 1. The van der Waals surface area contributed by atoms with Crippen molar-refractivity contribution in [3.8, 4) is 5.75 Å². The largest absolute Gasteiger partial charge is 0.508 e. The summed E-state index contributed by atoms with van der Waals surface area (Å²) in [5.41, 5.74) is 1.53. The van der Waals surface area contributed by atoms with Crippen LogP contribution < -0.4 is 5.32 Å². The fraction of sp³-hybridized carbons (Fsp3) is 0.0714. The fourth-order valence-electron chi connectivity index (χ4n) is 1.62. The summed E-state index contributed by atoms with van der Waals surface area (Å²) in [4.78, 5) is 11.8. The number of carbonyl (C=O) groups is 1. The lowest BCUT2D eigenvalue weighted by molar-refractivity contribution is -0.115. The highest BCUT2D eigenvalue weighted by molar-refractivity contribution is 9.10. The van der Waals surface area contributed by atoms with Crippen molar-refractivity contribution in [2.75, 3.05) is 5.32 Å². The SMILES string of the molecule is O=C(Cc1cccc(O)c1)Nc1cccc(Br)c1. The highest BCUT2D eigenvalue weighted by atomic mass is 79.9. The molecule has 0 saturated heterocycles. The zero-order valence-corrected chi connectivity index (χ0v) is 11.1. The number of anilines is 1. The lowest BCUT2D eigenvalue weighted by Gasteiger charge is -2.06. The van der Waals surface area contributed by atoms with Crippen molar-refractivity contribution in [1.29, 1.82) is 0 Å². The van der Waals surface area contributed by atoms with Gasteiger partial charge in [-0.2, -0.15) is 0 Å². The van der Waals surface area contributed by atoms with Gasteiger partial charge in [0.05, 0.1) is 6.42 Å². The molecule has 92 valence electrons. The number of rotatable bonds is 3. The summed E-state index contributed by atoms with van der Waals surface area (Å²) in [6.07, 6.45) is 0.237. The van der Waals surface area contributed by atoms with Crippen molar-refractivity contribution < 1.29 is 9.90 Å². The number of nitrogens with one attached hydrogen (secondary N) is 1. The second-order valence-corrected chi connectivity index (χ2v) is 4.82. The van der Waals surface area contributed by atoms with Crippen molar-refractivity contribution in [2.24, 2.45) is 0 Å². The standard InChI is InChI=1S/C14H12BrNO2/c15-11-4-2-5-12(9-11)16-14(18)8-10-3-1-6-13(17)7-10/h1-7,9,17H,8H2,(H,16,18). The monoisotopic (exact) mass is 305 g/mol. The summed E-state index contributed by atoms with van der Waals surface area (Å²) in [5, 5.41) is 12.1. The van der Waals surface area contributed by atoms with Crippen LogP contribution >= 0.6 is 15.9 Å². The summed E-state index contributed by atoms with van der Waals surface area (Å²) in [6, 6.07) is 14.1. The number of amides is 1. The van der Waals surface area contributed by atoms with E-state index in [0.29, 0.717) is 0 Å². The molecule has 0 unspecified atom stereocenters. The fourth-order valence-corrected chi connectivity index (χ4v) is 2.02. The van der Waals surface area contributed by atoms with Gasteiger partial charge < -0.3 is 10.4 Å². The lowest BCUT2D eigenvalue weighted by atomic mass is 10.1. The van der Waals surface area contributed by atoms with E-state index >= 15 is 0 Å². The maximum absolute atomic E-state index is 11.8. The number of carbonyl (C=O) groups excluding carboxylic acids is 1. The Morgan fingerprint density at radius 1 is 1.17 bits per heavy atom. The Kier molecular flexibility index (Phi) is 3.99. The predicted molar refractivity (Wildman–Crippen MR) is 74.6 cm³/mol. The first-order valence-corrected chi connectivity index (χ1v) is 6.26. The molecule has 0 aliphatic carbocycles. The molecule has 0 spiro atoms. The third-order valence-corrected chi connectivity index (χ3v) is 2.88. The molecule has 18 heavy (non-hydrogen) atoms. The Balaban J connectivity index is 2.01. The summed E-state index contributed by atoms with van der Waals surface area (Å²) in [5.74, 6) is 0.0569. The third-order valence-electron chi connectivity index (χ3n) is 2.38. The van der Waals surface area contributed by atoms with E-state index in [0.717, 1.165) is 15.7 Å². The molecule has 0 heterocycles. The number of hydrogen-bond donors (Lipinski definition) is 2. The minimum absolute atomic E-state index is 0.112. The van der Waals surface area contributed by atoms with Crippen LogP contribution in [0.2, 0.25) is 0 Å². The number of aromatic hydroxyl groups is 1. The first-order valence-electron chi connectivity index (χ1n) is 5.47. The summed E-state index contributed by atoms with van der Waals surface area (Å²) < 4.78 is 0.914. The molecule has 3 nitrogen and oxygen atoms in total. The van der Waals surface area contributed by atoms with Gasteiger partial charge in [0.15, 0.2) is 0 Å². The van der Waals surface area contributed by atoms with Crippen molar-refractivity contribution in [3.63, 3.8) is 0 Å². The van der Waals surface area contributed by atoms with Crippen LogP contribution in [0, 0.1) is 0 Å². The molecule has 0 aliphatic rings. The van der Waals surface area contributed by atoms with E-state index in [-0.39, 0.29) is 18.1 Å². The second kappa shape index (κ2) is 5.69. The van der Waals surface area contributed by atoms with Crippen LogP contribution in [0.3, 0.4) is 0 Å². The average molecular weight is 306 g/mol. The molecular weight excluding hydrogens is 294 g/mol. The van der Waals surface area contributed by atoms with Gasteiger partial charge in [0.1, 0.15) is 5.75 Å². The molecule has 2 aromatic carbocycles. The molecule has 4 heteroatoms. The van der Waals surface area contributed by atoms with Gasteiger partial charge in [-0.15, -0.1) is 0 Å². The highest BCUT2D eigenvalue weighted by Gasteiger charge is 2.04. The number of phenols is 1. The van der Waals surface area contributed by atoms with E-state index in [1.54, 1.807) is 24.3 Å². The van der Waals surface area contributed by atoms with Crippen molar-refractivity contribution in [1.82, 2.24) is 0 Å². The van der Waals surface area contributed by atoms with E-state index in [1.165, 1.54) is 0 Å². The van der Waals surface area contributed by atoms with Crippen LogP contribution in [0.1, 0.15) is 5.56 Å². The summed E-state index contributed by atoms with van der Waals surface area (Å²) in [6.45, 7) is 0. The van der Waals surface area contributed by atoms with Gasteiger partial charge in [0, 0.05) is 10.2 Å². The van der Waals surface area contributed by atoms with Gasteiger partial charge in [0.2, 0.25) is 5.91 Å². The van der Waals surface area contributed by atoms with Gasteiger partial charge in [-0.25, -0.2) is 0 Å². The first kappa shape index (κ1) is 12.6. The van der Waals surface area contributed by atoms with E-state index in [4.69, 9.17) is 0 Å². The van der Waals surface area contributed by atoms with Gasteiger partial charge in [-0.3, -0.25) is 4.79 Å². The number of benzene rings is 2. The Bertz CT molecular complexity index is 520. The zero-order chi connectivity index (χ0) is 13.0. The molecule has 0 aliphatic heterocycles. The van der Waals surface area contributed by atoms with Gasteiger partial charge in [-0.1, -0.05) is 34.1 Å². The topological polar surface area (TPSA) is 49.3 Å². The average Bonchev–Trinajstić information content (AvgIpc) is 2.28. The van der Waals surface area contributed by atoms with E-state index in [1.807, 2.05) is 24.3 Å². The van der Waals surface area contributed by atoms with Crippen LogP contribution in [0.5, 0.6) is 5.75 Å². The highest BCUT2D eigenvalue weighted by Crippen LogP contribution is 2.16. The van der Waals surface area contributed by atoms with Crippen LogP contribution in [-0.2, 0) is 11.2 Å². The Labute approximate surface area is 114 Å².